The SMILES string of the molecule is CC(Cn1cccn1)NS(=O)(=O)c1cc(F)ccc1F. The van der Waals surface area contributed by atoms with Crippen LogP contribution < -0.4 is 4.72 Å². The van der Waals surface area contributed by atoms with Crippen LogP contribution in [0.5, 0.6) is 0 Å². The first-order valence-electron chi connectivity index (χ1n) is 5.83. The summed E-state index contributed by atoms with van der Waals surface area (Å²) in [6.07, 6.45) is 3.24. The van der Waals surface area contributed by atoms with Gasteiger partial charge in [-0.15, -0.1) is 0 Å². The van der Waals surface area contributed by atoms with E-state index in [-0.39, 0.29) is 6.54 Å². The summed E-state index contributed by atoms with van der Waals surface area (Å²) in [5, 5.41) is 3.94. The molecule has 1 aromatic heterocycles. The Balaban J connectivity index is 2.16. The van der Waals surface area contributed by atoms with E-state index in [4.69, 9.17) is 0 Å². The molecule has 0 saturated carbocycles. The number of halogens is 2. The van der Waals surface area contributed by atoms with Gasteiger partial charge in [-0.1, -0.05) is 0 Å². The van der Waals surface area contributed by atoms with Gasteiger partial charge in [-0.3, -0.25) is 4.68 Å². The van der Waals surface area contributed by atoms with Crippen molar-refractivity contribution in [2.75, 3.05) is 0 Å². The molecule has 1 N–H and O–H groups in total. The van der Waals surface area contributed by atoms with E-state index < -0.39 is 32.6 Å². The van der Waals surface area contributed by atoms with Crippen molar-refractivity contribution in [2.24, 2.45) is 0 Å². The summed E-state index contributed by atoms with van der Waals surface area (Å²) in [7, 11) is -4.12. The van der Waals surface area contributed by atoms with Gasteiger partial charge in [0.25, 0.3) is 0 Å². The van der Waals surface area contributed by atoms with Gasteiger partial charge < -0.3 is 0 Å². The van der Waals surface area contributed by atoms with Crippen LogP contribution in [-0.4, -0.2) is 24.2 Å². The van der Waals surface area contributed by atoms with Crippen LogP contribution in [0.15, 0.2) is 41.6 Å². The number of aromatic nitrogens is 2. The average molecular weight is 301 g/mol. The monoisotopic (exact) mass is 301 g/mol. The Labute approximate surface area is 115 Å². The summed E-state index contributed by atoms with van der Waals surface area (Å²) in [5.74, 6) is -1.81. The maximum Gasteiger partial charge on any atom is 0.243 e. The molecule has 0 saturated heterocycles. The molecule has 1 unspecified atom stereocenters. The molecule has 0 fully saturated rings. The van der Waals surface area contributed by atoms with E-state index >= 15 is 0 Å². The molecule has 20 heavy (non-hydrogen) atoms. The summed E-state index contributed by atoms with van der Waals surface area (Å²) in [6.45, 7) is 1.89. The van der Waals surface area contributed by atoms with Crippen LogP contribution in [-0.2, 0) is 16.6 Å². The maximum absolute atomic E-state index is 13.5. The quantitative estimate of drug-likeness (QED) is 0.911. The van der Waals surface area contributed by atoms with Gasteiger partial charge in [0, 0.05) is 18.4 Å². The first-order chi connectivity index (χ1) is 9.38. The summed E-state index contributed by atoms with van der Waals surface area (Å²) >= 11 is 0. The minimum atomic E-state index is -4.12. The van der Waals surface area contributed by atoms with Crippen LogP contribution in [0.2, 0.25) is 0 Å². The maximum atomic E-state index is 13.5. The highest BCUT2D eigenvalue weighted by molar-refractivity contribution is 7.89. The largest absolute Gasteiger partial charge is 0.271 e. The molecule has 2 rings (SSSR count). The fourth-order valence-electron chi connectivity index (χ4n) is 1.74. The van der Waals surface area contributed by atoms with E-state index in [9.17, 15) is 17.2 Å². The topological polar surface area (TPSA) is 64.0 Å². The van der Waals surface area contributed by atoms with Crippen molar-refractivity contribution in [3.63, 3.8) is 0 Å². The van der Waals surface area contributed by atoms with E-state index in [1.807, 2.05) is 0 Å². The first-order valence-corrected chi connectivity index (χ1v) is 7.31. The van der Waals surface area contributed by atoms with E-state index in [0.29, 0.717) is 6.07 Å². The predicted molar refractivity (Wildman–Crippen MR) is 68.4 cm³/mol. The Morgan fingerprint density at radius 1 is 1.40 bits per heavy atom. The van der Waals surface area contributed by atoms with Crippen molar-refractivity contribution in [1.82, 2.24) is 14.5 Å². The van der Waals surface area contributed by atoms with Gasteiger partial charge in [-0.2, -0.15) is 5.10 Å². The predicted octanol–water partition coefficient (Wildman–Crippen LogP) is 1.53. The van der Waals surface area contributed by atoms with E-state index in [1.165, 1.54) is 4.68 Å². The highest BCUT2D eigenvalue weighted by atomic mass is 32.2. The minimum Gasteiger partial charge on any atom is -0.271 e. The van der Waals surface area contributed by atoms with Gasteiger partial charge in [0.05, 0.1) is 6.54 Å². The molecule has 0 aliphatic heterocycles. The lowest BCUT2D eigenvalue weighted by molar-refractivity contribution is 0.489. The van der Waals surface area contributed by atoms with E-state index in [0.717, 1.165) is 12.1 Å². The molecule has 5 nitrogen and oxygen atoms in total. The summed E-state index contributed by atoms with van der Waals surface area (Å²) in [4.78, 5) is -0.704. The van der Waals surface area contributed by atoms with Crippen LogP contribution in [0.3, 0.4) is 0 Å². The number of hydrogen-bond acceptors (Lipinski definition) is 3. The van der Waals surface area contributed by atoms with Gasteiger partial charge in [0.2, 0.25) is 10.0 Å². The van der Waals surface area contributed by atoms with Crippen molar-refractivity contribution in [2.45, 2.75) is 24.4 Å². The summed E-state index contributed by atoms with van der Waals surface area (Å²) in [6, 6.07) is 3.47. The summed E-state index contributed by atoms with van der Waals surface area (Å²) in [5.41, 5.74) is 0. The van der Waals surface area contributed by atoms with E-state index in [1.54, 1.807) is 25.4 Å². The van der Waals surface area contributed by atoms with Crippen molar-refractivity contribution >= 4 is 10.0 Å². The molecule has 0 aliphatic rings. The fourth-order valence-corrected chi connectivity index (χ4v) is 3.06. The highest BCUT2D eigenvalue weighted by Crippen LogP contribution is 2.16. The molecule has 0 spiro atoms. The molecule has 1 heterocycles. The molecule has 2 aromatic rings. The Kier molecular flexibility index (Phi) is 4.15. The molecule has 1 aromatic carbocycles. The standard InChI is InChI=1S/C12H13F2N3O2S/c1-9(8-17-6-2-5-15-17)16-20(18,19)12-7-10(13)3-4-11(12)14/h2-7,9,16H,8H2,1H3. The van der Waals surface area contributed by atoms with Crippen molar-refractivity contribution < 1.29 is 17.2 Å². The fraction of sp³-hybridized carbons (Fsp3) is 0.250. The van der Waals surface area contributed by atoms with Crippen LogP contribution in [0, 0.1) is 11.6 Å². The smallest absolute Gasteiger partial charge is 0.243 e. The molecule has 1 atom stereocenters. The molecular weight excluding hydrogens is 288 g/mol. The van der Waals surface area contributed by atoms with E-state index in [2.05, 4.69) is 9.82 Å². The highest BCUT2D eigenvalue weighted by Gasteiger charge is 2.22. The molecule has 8 heteroatoms. The number of rotatable bonds is 5. The molecular formula is C12H13F2N3O2S. The third-order valence-electron chi connectivity index (χ3n) is 2.56. The first kappa shape index (κ1) is 14.6. The lowest BCUT2D eigenvalue weighted by atomic mass is 10.3. The van der Waals surface area contributed by atoms with Crippen LogP contribution in [0.4, 0.5) is 8.78 Å². The number of sulfonamides is 1. The molecule has 108 valence electrons. The zero-order valence-corrected chi connectivity index (χ0v) is 11.4. The Bertz CT molecular complexity index is 687. The number of nitrogens with zero attached hydrogens (tertiary/aromatic N) is 2. The average Bonchev–Trinajstić information content (AvgIpc) is 2.84. The molecule has 0 bridgehead atoms. The number of benzene rings is 1. The Hall–Kier alpha value is -1.80. The zero-order chi connectivity index (χ0) is 14.8. The second-order valence-corrected chi connectivity index (χ2v) is 6.01. The van der Waals surface area contributed by atoms with Crippen molar-refractivity contribution in [3.05, 3.63) is 48.3 Å². The molecule has 0 amide bonds. The number of hydrogen-bond donors (Lipinski definition) is 1. The van der Waals surface area contributed by atoms with Crippen molar-refractivity contribution in [3.8, 4) is 0 Å². The third-order valence-corrected chi connectivity index (χ3v) is 4.16. The lowest BCUT2D eigenvalue weighted by Gasteiger charge is -2.14. The van der Waals surface area contributed by atoms with Gasteiger partial charge in [-0.05, 0) is 31.2 Å². The van der Waals surface area contributed by atoms with Crippen LogP contribution in [0.1, 0.15) is 6.92 Å². The second-order valence-electron chi connectivity index (χ2n) is 4.33. The van der Waals surface area contributed by atoms with Gasteiger partial charge in [0.1, 0.15) is 16.5 Å². The molecule has 0 aliphatic carbocycles. The van der Waals surface area contributed by atoms with Crippen LogP contribution in [0.25, 0.3) is 0 Å². The Morgan fingerprint density at radius 2 is 2.15 bits per heavy atom. The second kappa shape index (κ2) is 5.68. The number of nitrogens with one attached hydrogen (secondary N) is 1. The zero-order valence-electron chi connectivity index (χ0n) is 10.6. The van der Waals surface area contributed by atoms with Gasteiger partial charge in [-0.25, -0.2) is 21.9 Å². The third kappa shape index (κ3) is 3.40. The van der Waals surface area contributed by atoms with Crippen LogP contribution >= 0.6 is 0 Å². The van der Waals surface area contributed by atoms with Gasteiger partial charge in [0.15, 0.2) is 0 Å². The normalized spacial score (nSPS) is 13.3. The minimum absolute atomic E-state index is 0.281. The summed E-state index contributed by atoms with van der Waals surface area (Å²) < 4.78 is 54.4. The lowest BCUT2D eigenvalue weighted by Crippen LogP contribution is -2.36. The molecule has 0 radical (unpaired) electrons. The van der Waals surface area contributed by atoms with Gasteiger partial charge >= 0.3 is 0 Å². The Morgan fingerprint density at radius 3 is 2.80 bits per heavy atom. The van der Waals surface area contributed by atoms with Crippen molar-refractivity contribution in [1.29, 1.82) is 0 Å².